The van der Waals surface area contributed by atoms with E-state index < -0.39 is 5.97 Å². The molecule has 1 aliphatic rings. The van der Waals surface area contributed by atoms with E-state index in [-0.39, 0.29) is 5.56 Å². The van der Waals surface area contributed by atoms with E-state index in [2.05, 4.69) is 37.6 Å². The van der Waals surface area contributed by atoms with Crippen molar-refractivity contribution in [3.63, 3.8) is 0 Å². The van der Waals surface area contributed by atoms with E-state index in [1.807, 2.05) is 6.07 Å². The van der Waals surface area contributed by atoms with Gasteiger partial charge >= 0.3 is 5.97 Å². The van der Waals surface area contributed by atoms with Gasteiger partial charge in [0.2, 0.25) is 5.95 Å². The minimum Gasteiger partial charge on any atom is -0.478 e. The fourth-order valence-corrected chi connectivity index (χ4v) is 4.54. The highest BCUT2D eigenvalue weighted by Crippen LogP contribution is 2.30. The van der Waals surface area contributed by atoms with Gasteiger partial charge in [-0.15, -0.1) is 11.3 Å². The molecule has 0 saturated carbocycles. The first kappa shape index (κ1) is 22.5. The number of anilines is 4. The van der Waals surface area contributed by atoms with Crippen LogP contribution in [-0.2, 0) is 17.6 Å². The lowest BCUT2D eigenvalue weighted by molar-refractivity contribution is 0.0698. The van der Waals surface area contributed by atoms with Crippen molar-refractivity contribution in [2.45, 2.75) is 12.8 Å². The van der Waals surface area contributed by atoms with Crippen LogP contribution in [0.5, 0.6) is 0 Å². The Morgan fingerprint density at radius 1 is 1.25 bits per heavy atom. The summed E-state index contributed by atoms with van der Waals surface area (Å²) >= 11 is 7.51. The summed E-state index contributed by atoms with van der Waals surface area (Å²) in [6.45, 7) is 3.71. The van der Waals surface area contributed by atoms with Crippen LogP contribution in [0.25, 0.3) is 0 Å². The summed E-state index contributed by atoms with van der Waals surface area (Å²) in [5.41, 5.74) is 3.73. The first-order valence-electron chi connectivity index (χ1n) is 10.2. The van der Waals surface area contributed by atoms with Crippen LogP contribution in [0.3, 0.4) is 0 Å². The molecule has 3 aromatic rings. The average molecular weight is 474 g/mol. The second kappa shape index (κ2) is 10.3. The molecule has 0 spiro atoms. The standard InChI is InChI=1S/C22H24ClN5O3S/c1-31-10-9-28-7-4-14-2-3-16(12-15(14)5-8-28)25-22-24-13-18(23)19(27-22)26-20-17(21(29)30)6-11-32-20/h2-3,6,11-13H,4-5,7-10H2,1H3,(H,29,30)(H2,24,25,26,27). The van der Waals surface area contributed by atoms with E-state index >= 15 is 0 Å². The summed E-state index contributed by atoms with van der Waals surface area (Å²) in [4.78, 5) is 22.5. The molecule has 0 saturated heterocycles. The first-order valence-corrected chi connectivity index (χ1v) is 11.5. The number of aromatic carboxylic acids is 1. The molecular weight excluding hydrogens is 450 g/mol. The van der Waals surface area contributed by atoms with Crippen molar-refractivity contribution in [1.82, 2.24) is 14.9 Å². The summed E-state index contributed by atoms with van der Waals surface area (Å²) in [6, 6.07) is 7.85. The predicted octanol–water partition coefficient (Wildman–Crippen LogP) is 4.42. The van der Waals surface area contributed by atoms with Gasteiger partial charge in [0.05, 0.1) is 18.4 Å². The Bertz CT molecular complexity index is 1110. The lowest BCUT2D eigenvalue weighted by Crippen LogP contribution is -2.29. The number of rotatable bonds is 8. The van der Waals surface area contributed by atoms with Crippen LogP contribution >= 0.6 is 22.9 Å². The number of nitrogens with zero attached hydrogens (tertiary/aromatic N) is 3. The molecule has 0 bridgehead atoms. The molecule has 0 unspecified atom stereocenters. The van der Waals surface area contributed by atoms with Gasteiger partial charge in [-0.2, -0.15) is 4.98 Å². The summed E-state index contributed by atoms with van der Waals surface area (Å²) in [7, 11) is 1.73. The van der Waals surface area contributed by atoms with Crippen molar-refractivity contribution >= 4 is 51.4 Å². The lowest BCUT2D eigenvalue weighted by Gasteiger charge is -2.18. The quantitative estimate of drug-likeness (QED) is 0.442. The molecule has 32 heavy (non-hydrogen) atoms. The van der Waals surface area contributed by atoms with Gasteiger partial charge in [0, 0.05) is 32.4 Å². The fraction of sp³-hybridized carbons (Fsp3) is 0.318. The van der Waals surface area contributed by atoms with Gasteiger partial charge < -0.3 is 25.4 Å². The number of fused-ring (bicyclic) bond motifs is 1. The minimum atomic E-state index is -1.01. The minimum absolute atomic E-state index is 0.171. The van der Waals surface area contributed by atoms with E-state index in [4.69, 9.17) is 16.3 Å². The Morgan fingerprint density at radius 2 is 2.06 bits per heavy atom. The van der Waals surface area contributed by atoms with Gasteiger partial charge in [-0.25, -0.2) is 9.78 Å². The third-order valence-corrected chi connectivity index (χ3v) is 6.45. The normalized spacial score (nSPS) is 13.9. The fourth-order valence-electron chi connectivity index (χ4n) is 3.62. The molecule has 8 nitrogen and oxygen atoms in total. The van der Waals surface area contributed by atoms with Crippen molar-refractivity contribution in [2.75, 3.05) is 44.0 Å². The van der Waals surface area contributed by atoms with Crippen LogP contribution in [0.2, 0.25) is 5.02 Å². The third kappa shape index (κ3) is 5.36. The van der Waals surface area contributed by atoms with Crippen molar-refractivity contribution in [1.29, 1.82) is 0 Å². The zero-order valence-corrected chi connectivity index (χ0v) is 19.2. The largest absolute Gasteiger partial charge is 0.478 e. The third-order valence-electron chi connectivity index (χ3n) is 5.34. The monoisotopic (exact) mass is 473 g/mol. The SMILES string of the molecule is COCCN1CCc2ccc(Nc3ncc(Cl)c(Nc4sccc4C(=O)O)n3)cc2CC1. The molecule has 0 radical (unpaired) electrons. The second-order valence-electron chi connectivity index (χ2n) is 7.43. The Balaban J connectivity index is 1.48. The number of carboxylic acid groups (broad SMARTS) is 1. The van der Waals surface area contributed by atoms with Gasteiger partial charge in [0.25, 0.3) is 0 Å². The highest BCUT2D eigenvalue weighted by molar-refractivity contribution is 7.14. The van der Waals surface area contributed by atoms with Gasteiger partial charge in [0.1, 0.15) is 10.0 Å². The van der Waals surface area contributed by atoms with E-state index in [1.54, 1.807) is 12.5 Å². The predicted molar refractivity (Wildman–Crippen MR) is 127 cm³/mol. The van der Waals surface area contributed by atoms with E-state index in [1.165, 1.54) is 34.7 Å². The van der Waals surface area contributed by atoms with Gasteiger partial charge in [-0.05, 0) is 47.5 Å². The molecule has 1 aliphatic heterocycles. The Hall–Kier alpha value is -2.72. The van der Waals surface area contributed by atoms with Crippen LogP contribution in [0, 0.1) is 0 Å². The maximum absolute atomic E-state index is 11.4. The number of carbonyl (C=O) groups is 1. The average Bonchev–Trinajstić information content (AvgIpc) is 3.15. The molecule has 3 N–H and O–H groups in total. The summed E-state index contributed by atoms with van der Waals surface area (Å²) in [5, 5.41) is 18.0. The van der Waals surface area contributed by atoms with Crippen LogP contribution in [0.15, 0.2) is 35.8 Å². The molecule has 10 heteroatoms. The zero-order valence-electron chi connectivity index (χ0n) is 17.6. The molecule has 3 heterocycles. The Labute approximate surface area is 195 Å². The van der Waals surface area contributed by atoms with Gasteiger partial charge in [-0.3, -0.25) is 0 Å². The molecule has 0 amide bonds. The number of methoxy groups -OCH3 is 1. The molecule has 4 rings (SSSR count). The molecule has 0 aliphatic carbocycles. The van der Waals surface area contributed by atoms with Crippen molar-refractivity contribution in [3.05, 3.63) is 57.6 Å². The number of aromatic nitrogens is 2. The number of benzene rings is 1. The highest BCUT2D eigenvalue weighted by atomic mass is 35.5. The van der Waals surface area contributed by atoms with E-state index in [9.17, 15) is 9.90 Å². The lowest BCUT2D eigenvalue weighted by atomic mass is 10.0. The highest BCUT2D eigenvalue weighted by Gasteiger charge is 2.16. The molecule has 0 atom stereocenters. The number of carboxylic acids is 1. The summed E-state index contributed by atoms with van der Waals surface area (Å²) in [6.07, 6.45) is 3.47. The molecule has 2 aromatic heterocycles. The number of nitrogens with one attached hydrogen (secondary N) is 2. The molecule has 1 aromatic carbocycles. The van der Waals surface area contributed by atoms with Crippen molar-refractivity contribution < 1.29 is 14.6 Å². The van der Waals surface area contributed by atoms with Crippen LogP contribution in [0.4, 0.5) is 22.5 Å². The maximum Gasteiger partial charge on any atom is 0.338 e. The van der Waals surface area contributed by atoms with Crippen molar-refractivity contribution in [2.24, 2.45) is 0 Å². The number of hydrogen-bond acceptors (Lipinski definition) is 8. The van der Waals surface area contributed by atoms with E-state index in [0.717, 1.165) is 44.8 Å². The Morgan fingerprint density at radius 3 is 2.84 bits per heavy atom. The molecule has 168 valence electrons. The smallest absolute Gasteiger partial charge is 0.338 e. The number of ether oxygens (including phenoxy) is 1. The molecule has 0 fully saturated rings. The van der Waals surface area contributed by atoms with Crippen LogP contribution in [0.1, 0.15) is 21.5 Å². The zero-order chi connectivity index (χ0) is 22.5. The van der Waals surface area contributed by atoms with Crippen LogP contribution < -0.4 is 10.6 Å². The summed E-state index contributed by atoms with van der Waals surface area (Å²) in [5.74, 6) is -0.290. The van der Waals surface area contributed by atoms with E-state index in [0.29, 0.717) is 21.8 Å². The van der Waals surface area contributed by atoms with Crippen molar-refractivity contribution in [3.8, 4) is 0 Å². The topological polar surface area (TPSA) is 99.6 Å². The Kier molecular flexibility index (Phi) is 7.21. The second-order valence-corrected chi connectivity index (χ2v) is 8.75. The van der Waals surface area contributed by atoms with Gasteiger partial charge in [-0.1, -0.05) is 17.7 Å². The number of thiophene rings is 1. The maximum atomic E-state index is 11.4. The first-order chi connectivity index (χ1) is 15.5. The van der Waals surface area contributed by atoms with Crippen LogP contribution in [-0.4, -0.2) is 59.3 Å². The molecular formula is C22H24ClN5O3S. The summed E-state index contributed by atoms with van der Waals surface area (Å²) < 4.78 is 5.21. The number of hydrogen-bond donors (Lipinski definition) is 3. The van der Waals surface area contributed by atoms with Gasteiger partial charge in [0.15, 0.2) is 5.82 Å². The number of halogens is 1.